The minimum atomic E-state index is 0.211. The molecule has 4 nitrogen and oxygen atoms in total. The third-order valence-corrected chi connectivity index (χ3v) is 4.09. The Morgan fingerprint density at radius 3 is 2.18 bits per heavy atom. The summed E-state index contributed by atoms with van der Waals surface area (Å²) in [6.07, 6.45) is 0.489. The van der Waals surface area contributed by atoms with Gasteiger partial charge in [-0.3, -0.25) is 4.79 Å². The van der Waals surface area contributed by atoms with Gasteiger partial charge in [0, 0.05) is 37.6 Å². The van der Waals surface area contributed by atoms with Crippen LogP contribution in [0.1, 0.15) is 5.56 Å². The number of hydrogen-bond donors (Lipinski definition) is 1. The second-order valence-corrected chi connectivity index (χ2v) is 5.62. The molecule has 0 aromatic heterocycles. The van der Waals surface area contributed by atoms with Gasteiger partial charge in [-0.05, 0) is 29.8 Å². The van der Waals surface area contributed by atoms with Crippen LogP contribution in [0.25, 0.3) is 0 Å². The van der Waals surface area contributed by atoms with Gasteiger partial charge >= 0.3 is 0 Å². The van der Waals surface area contributed by atoms with Crippen LogP contribution in [-0.4, -0.2) is 37.0 Å². The van der Waals surface area contributed by atoms with Crippen molar-refractivity contribution >= 4 is 17.3 Å². The second kappa shape index (κ2) is 6.52. The highest BCUT2D eigenvalue weighted by Crippen LogP contribution is 2.18. The minimum Gasteiger partial charge on any atom is -0.399 e. The molecule has 0 atom stereocenters. The Bertz CT molecular complexity index is 617. The number of benzene rings is 2. The molecule has 114 valence electrons. The monoisotopic (exact) mass is 295 g/mol. The molecule has 0 bridgehead atoms. The SMILES string of the molecule is Nc1ccc(N2CCN(C(=O)Cc3ccccc3)CC2)cc1. The number of anilines is 2. The minimum absolute atomic E-state index is 0.211. The van der Waals surface area contributed by atoms with Gasteiger partial charge in [-0.2, -0.15) is 0 Å². The van der Waals surface area contributed by atoms with Crippen LogP contribution in [0.3, 0.4) is 0 Å². The lowest BCUT2D eigenvalue weighted by Gasteiger charge is -2.36. The quantitative estimate of drug-likeness (QED) is 0.883. The average Bonchev–Trinajstić information content (AvgIpc) is 2.57. The van der Waals surface area contributed by atoms with Crippen molar-refractivity contribution in [2.75, 3.05) is 36.8 Å². The van der Waals surface area contributed by atoms with E-state index in [9.17, 15) is 4.79 Å². The molecule has 22 heavy (non-hydrogen) atoms. The van der Waals surface area contributed by atoms with Crippen molar-refractivity contribution in [2.45, 2.75) is 6.42 Å². The number of piperazine rings is 1. The molecule has 1 fully saturated rings. The molecule has 1 aliphatic heterocycles. The lowest BCUT2D eigenvalue weighted by atomic mass is 10.1. The van der Waals surface area contributed by atoms with Gasteiger partial charge in [0.1, 0.15) is 0 Å². The molecule has 3 rings (SSSR count). The fourth-order valence-electron chi connectivity index (χ4n) is 2.78. The van der Waals surface area contributed by atoms with Crippen LogP contribution in [0.2, 0.25) is 0 Å². The fourth-order valence-corrected chi connectivity index (χ4v) is 2.78. The van der Waals surface area contributed by atoms with Crippen molar-refractivity contribution in [3.8, 4) is 0 Å². The first-order chi connectivity index (χ1) is 10.7. The van der Waals surface area contributed by atoms with E-state index in [0.717, 1.165) is 37.4 Å². The molecule has 4 heteroatoms. The zero-order chi connectivity index (χ0) is 15.4. The first kappa shape index (κ1) is 14.4. The van der Waals surface area contributed by atoms with E-state index in [1.807, 2.05) is 59.5 Å². The highest BCUT2D eigenvalue weighted by atomic mass is 16.2. The summed E-state index contributed by atoms with van der Waals surface area (Å²) >= 11 is 0. The predicted octanol–water partition coefficient (Wildman–Crippen LogP) is 2.16. The molecule has 0 saturated carbocycles. The van der Waals surface area contributed by atoms with Crippen LogP contribution in [0.5, 0.6) is 0 Å². The molecule has 0 spiro atoms. The molecule has 1 saturated heterocycles. The van der Waals surface area contributed by atoms with E-state index in [1.165, 1.54) is 5.69 Å². The van der Waals surface area contributed by atoms with Crippen LogP contribution in [0.4, 0.5) is 11.4 Å². The van der Waals surface area contributed by atoms with E-state index < -0.39 is 0 Å². The number of amides is 1. The van der Waals surface area contributed by atoms with Crippen molar-refractivity contribution in [1.29, 1.82) is 0 Å². The maximum atomic E-state index is 12.3. The van der Waals surface area contributed by atoms with Crippen LogP contribution in [0.15, 0.2) is 54.6 Å². The molecule has 2 N–H and O–H groups in total. The average molecular weight is 295 g/mol. The highest BCUT2D eigenvalue weighted by molar-refractivity contribution is 5.79. The molecule has 0 unspecified atom stereocenters. The van der Waals surface area contributed by atoms with Gasteiger partial charge in [-0.1, -0.05) is 30.3 Å². The topological polar surface area (TPSA) is 49.6 Å². The molecule has 1 aliphatic rings. The second-order valence-electron chi connectivity index (χ2n) is 5.62. The third kappa shape index (κ3) is 3.39. The van der Waals surface area contributed by atoms with Crippen LogP contribution >= 0.6 is 0 Å². The Hall–Kier alpha value is -2.49. The highest BCUT2D eigenvalue weighted by Gasteiger charge is 2.21. The standard InChI is InChI=1S/C18H21N3O/c19-16-6-8-17(9-7-16)20-10-12-21(13-11-20)18(22)14-15-4-2-1-3-5-15/h1-9H,10-14,19H2. The number of nitrogen functional groups attached to an aromatic ring is 1. The first-order valence-corrected chi connectivity index (χ1v) is 7.64. The Balaban J connectivity index is 1.55. The molecular weight excluding hydrogens is 274 g/mol. The lowest BCUT2D eigenvalue weighted by molar-refractivity contribution is -0.130. The Kier molecular flexibility index (Phi) is 4.28. The van der Waals surface area contributed by atoms with Crippen molar-refractivity contribution in [3.05, 3.63) is 60.2 Å². The van der Waals surface area contributed by atoms with E-state index in [2.05, 4.69) is 4.90 Å². The van der Waals surface area contributed by atoms with Crippen molar-refractivity contribution in [3.63, 3.8) is 0 Å². The van der Waals surface area contributed by atoms with Gasteiger partial charge in [0.25, 0.3) is 0 Å². The van der Waals surface area contributed by atoms with Gasteiger partial charge in [0.05, 0.1) is 6.42 Å². The molecule has 1 heterocycles. The van der Waals surface area contributed by atoms with Crippen molar-refractivity contribution < 1.29 is 4.79 Å². The normalized spacial score (nSPS) is 14.9. The summed E-state index contributed by atoms with van der Waals surface area (Å²) in [5.74, 6) is 0.211. The van der Waals surface area contributed by atoms with E-state index in [-0.39, 0.29) is 5.91 Å². The van der Waals surface area contributed by atoms with Gasteiger partial charge < -0.3 is 15.5 Å². The predicted molar refractivity (Wildman–Crippen MR) is 89.8 cm³/mol. The summed E-state index contributed by atoms with van der Waals surface area (Å²) in [5.41, 5.74) is 8.75. The maximum absolute atomic E-state index is 12.3. The Morgan fingerprint density at radius 1 is 0.909 bits per heavy atom. The van der Waals surface area contributed by atoms with Gasteiger partial charge in [0.15, 0.2) is 0 Å². The van der Waals surface area contributed by atoms with Crippen molar-refractivity contribution in [1.82, 2.24) is 4.90 Å². The summed E-state index contributed by atoms with van der Waals surface area (Å²) in [7, 11) is 0. The Morgan fingerprint density at radius 2 is 1.55 bits per heavy atom. The third-order valence-electron chi connectivity index (χ3n) is 4.09. The molecular formula is C18H21N3O. The molecule has 2 aromatic carbocycles. The van der Waals surface area contributed by atoms with E-state index in [1.54, 1.807) is 0 Å². The van der Waals surface area contributed by atoms with Crippen LogP contribution in [0, 0.1) is 0 Å². The van der Waals surface area contributed by atoms with E-state index in [0.29, 0.717) is 6.42 Å². The summed E-state index contributed by atoms with van der Waals surface area (Å²) in [4.78, 5) is 16.6. The van der Waals surface area contributed by atoms with Crippen molar-refractivity contribution in [2.24, 2.45) is 0 Å². The van der Waals surface area contributed by atoms with Gasteiger partial charge in [-0.15, -0.1) is 0 Å². The van der Waals surface area contributed by atoms with Crippen LogP contribution in [-0.2, 0) is 11.2 Å². The number of carbonyl (C=O) groups is 1. The number of nitrogens with two attached hydrogens (primary N) is 1. The maximum Gasteiger partial charge on any atom is 0.227 e. The summed E-state index contributed by atoms with van der Waals surface area (Å²) in [5, 5.41) is 0. The number of rotatable bonds is 3. The molecule has 0 aliphatic carbocycles. The zero-order valence-corrected chi connectivity index (χ0v) is 12.6. The van der Waals surface area contributed by atoms with E-state index in [4.69, 9.17) is 5.73 Å². The zero-order valence-electron chi connectivity index (χ0n) is 12.6. The smallest absolute Gasteiger partial charge is 0.227 e. The largest absolute Gasteiger partial charge is 0.399 e. The van der Waals surface area contributed by atoms with E-state index >= 15 is 0 Å². The summed E-state index contributed by atoms with van der Waals surface area (Å²) in [6.45, 7) is 3.28. The molecule has 0 radical (unpaired) electrons. The van der Waals surface area contributed by atoms with Gasteiger partial charge in [0.2, 0.25) is 5.91 Å². The molecule has 2 aromatic rings. The summed E-state index contributed by atoms with van der Waals surface area (Å²) in [6, 6.07) is 17.8. The number of hydrogen-bond acceptors (Lipinski definition) is 3. The fraction of sp³-hybridized carbons (Fsp3) is 0.278. The number of carbonyl (C=O) groups excluding carboxylic acids is 1. The Labute approximate surface area is 131 Å². The lowest BCUT2D eigenvalue weighted by Crippen LogP contribution is -2.49. The molecule has 1 amide bonds. The summed E-state index contributed by atoms with van der Waals surface area (Å²) < 4.78 is 0. The first-order valence-electron chi connectivity index (χ1n) is 7.64. The van der Waals surface area contributed by atoms with Gasteiger partial charge in [-0.25, -0.2) is 0 Å². The number of nitrogens with zero attached hydrogens (tertiary/aromatic N) is 2. The van der Waals surface area contributed by atoms with Crippen LogP contribution < -0.4 is 10.6 Å².